The number of allylic oxidation sites excluding steroid dienone is 1. The number of nitrogens with zero attached hydrogens (tertiary/aromatic N) is 4. The highest BCUT2D eigenvalue weighted by molar-refractivity contribution is 6.32. The molecule has 1 saturated heterocycles. The number of fused-ring (bicyclic) bond motifs is 2. The van der Waals surface area contributed by atoms with Gasteiger partial charge in [-0.2, -0.15) is 4.98 Å². The highest BCUT2D eigenvalue weighted by atomic mass is 35.5. The van der Waals surface area contributed by atoms with Gasteiger partial charge in [0.25, 0.3) is 11.8 Å². The summed E-state index contributed by atoms with van der Waals surface area (Å²) in [6.07, 6.45) is 6.95. The maximum absolute atomic E-state index is 13.6. The number of halogens is 3. The molecule has 0 spiro atoms. The van der Waals surface area contributed by atoms with Gasteiger partial charge in [0.05, 0.1) is 24.0 Å². The molecule has 38 heavy (non-hydrogen) atoms. The van der Waals surface area contributed by atoms with Crippen molar-refractivity contribution in [1.82, 2.24) is 20.2 Å². The van der Waals surface area contributed by atoms with Crippen LogP contribution in [0.25, 0.3) is 0 Å². The Morgan fingerprint density at radius 3 is 2.68 bits per heavy atom. The van der Waals surface area contributed by atoms with E-state index in [-0.39, 0.29) is 67.0 Å². The molecule has 6 rings (SSSR count). The number of likely N-dealkylation sites (N-methyl/N-ethyl adjacent to an activating group) is 1. The summed E-state index contributed by atoms with van der Waals surface area (Å²) in [6.45, 7) is 2.54. The lowest BCUT2D eigenvalue weighted by Gasteiger charge is -2.41. The van der Waals surface area contributed by atoms with Gasteiger partial charge in [0, 0.05) is 50.2 Å². The number of rotatable bonds is 4. The van der Waals surface area contributed by atoms with Crippen LogP contribution < -0.4 is 15.5 Å². The number of carbonyl (C=O) groups is 2. The minimum Gasteiger partial charge on any atom is -0.460 e. The van der Waals surface area contributed by atoms with Gasteiger partial charge in [-0.25, -0.2) is 18.6 Å². The molecule has 4 heterocycles. The largest absolute Gasteiger partial charge is 0.460 e. The number of carbonyl (C=O) groups excluding carboxylic acids is 2. The standard InChI is InChI=1S/C26H29ClF2N6O3/c1-13-9-15(31-22-17(27)11-30-25(33-22)35-7-5-26(28,29)6-8-35)10-16-20-19(23(36)34(2)21(13)16)24(37)38-12-18(32-20)14-3-4-14/h9-11,13-14,18,21,32H,3-8,12H2,1-2H3,(H,30,31,33). The quantitative estimate of drug-likeness (QED) is 0.438. The lowest BCUT2D eigenvalue weighted by Crippen LogP contribution is -2.51. The summed E-state index contributed by atoms with van der Waals surface area (Å²) in [7, 11) is 1.69. The second kappa shape index (κ2) is 9.21. The van der Waals surface area contributed by atoms with Crippen molar-refractivity contribution in [2.45, 2.75) is 50.6 Å². The average molecular weight is 547 g/mol. The van der Waals surface area contributed by atoms with E-state index in [1.807, 2.05) is 19.1 Å². The Hall–Kier alpha value is -3.21. The summed E-state index contributed by atoms with van der Waals surface area (Å²) < 4.78 is 32.7. The van der Waals surface area contributed by atoms with Gasteiger partial charge < -0.3 is 25.2 Å². The number of cyclic esters (lactones) is 1. The summed E-state index contributed by atoms with van der Waals surface area (Å²) in [5.41, 5.74) is 2.06. The number of ether oxygens (including phenoxy) is 1. The van der Waals surface area contributed by atoms with Gasteiger partial charge in [0.1, 0.15) is 17.2 Å². The molecule has 3 aliphatic heterocycles. The number of anilines is 2. The van der Waals surface area contributed by atoms with Crippen molar-refractivity contribution in [2.24, 2.45) is 11.8 Å². The Kier molecular flexibility index (Phi) is 6.08. The summed E-state index contributed by atoms with van der Waals surface area (Å²) in [4.78, 5) is 38.2. The molecule has 0 aromatic carbocycles. The van der Waals surface area contributed by atoms with Crippen molar-refractivity contribution < 1.29 is 23.1 Å². The predicted molar refractivity (Wildman–Crippen MR) is 137 cm³/mol. The fourth-order valence-electron chi connectivity index (χ4n) is 5.70. The Labute approximate surface area is 223 Å². The SMILES string of the molecule is CC1C=C(Nc2nc(N3CCC(F)(F)CC3)ncc2Cl)C=C2C3=C(C(=O)OCC(C4CC4)N3)C(=O)N(C)C21. The topological polar surface area (TPSA) is 99.7 Å². The van der Waals surface area contributed by atoms with E-state index in [1.54, 1.807) is 16.8 Å². The molecule has 1 amide bonds. The van der Waals surface area contributed by atoms with E-state index in [0.29, 0.717) is 29.1 Å². The van der Waals surface area contributed by atoms with Crippen LogP contribution in [0, 0.1) is 11.8 Å². The molecule has 2 N–H and O–H groups in total. The Morgan fingerprint density at radius 1 is 1.24 bits per heavy atom. The van der Waals surface area contributed by atoms with Crippen LogP contribution in [0.1, 0.15) is 32.6 Å². The lowest BCUT2D eigenvalue weighted by molar-refractivity contribution is -0.143. The summed E-state index contributed by atoms with van der Waals surface area (Å²) in [5, 5.41) is 7.02. The molecule has 9 nitrogen and oxygen atoms in total. The third-order valence-electron chi connectivity index (χ3n) is 7.95. The molecule has 5 aliphatic rings. The molecule has 1 aromatic rings. The Bertz CT molecular complexity index is 1280. The molecule has 202 valence electrons. The molecule has 1 aromatic heterocycles. The van der Waals surface area contributed by atoms with Crippen molar-refractivity contribution in [3.8, 4) is 0 Å². The highest BCUT2D eigenvalue weighted by Gasteiger charge is 2.46. The predicted octanol–water partition coefficient (Wildman–Crippen LogP) is 3.26. The first-order valence-electron chi connectivity index (χ1n) is 12.9. The van der Waals surface area contributed by atoms with Crippen molar-refractivity contribution in [2.75, 3.05) is 37.0 Å². The molecule has 12 heteroatoms. The van der Waals surface area contributed by atoms with Crippen LogP contribution in [-0.4, -0.2) is 71.5 Å². The second-order valence-corrected chi connectivity index (χ2v) is 11.1. The zero-order valence-corrected chi connectivity index (χ0v) is 21.9. The number of nitrogens with one attached hydrogen (secondary N) is 2. The van der Waals surface area contributed by atoms with Crippen molar-refractivity contribution in [3.63, 3.8) is 0 Å². The Morgan fingerprint density at radius 2 is 1.97 bits per heavy atom. The van der Waals surface area contributed by atoms with Crippen LogP contribution in [0.3, 0.4) is 0 Å². The zero-order valence-electron chi connectivity index (χ0n) is 21.1. The van der Waals surface area contributed by atoms with Gasteiger partial charge in [-0.15, -0.1) is 0 Å². The van der Waals surface area contributed by atoms with E-state index in [4.69, 9.17) is 16.3 Å². The number of piperidine rings is 1. The molecule has 2 aliphatic carbocycles. The first-order valence-corrected chi connectivity index (χ1v) is 13.3. The van der Waals surface area contributed by atoms with Gasteiger partial charge in [0.15, 0.2) is 5.82 Å². The van der Waals surface area contributed by atoms with Crippen LogP contribution in [0.15, 0.2) is 40.9 Å². The second-order valence-electron chi connectivity index (χ2n) is 10.7. The molecular weight excluding hydrogens is 518 g/mol. The van der Waals surface area contributed by atoms with E-state index >= 15 is 0 Å². The number of alkyl halides is 2. The molecular formula is C26H29ClF2N6O3. The summed E-state index contributed by atoms with van der Waals surface area (Å²) in [5.74, 6) is -2.65. The number of esters is 1. The molecule has 0 radical (unpaired) electrons. The van der Waals surface area contributed by atoms with Gasteiger partial charge in [-0.3, -0.25) is 4.79 Å². The molecule has 0 bridgehead atoms. The smallest absolute Gasteiger partial charge is 0.346 e. The molecule has 2 fully saturated rings. The number of amides is 1. The first-order chi connectivity index (χ1) is 18.1. The van der Waals surface area contributed by atoms with Gasteiger partial charge in [-0.05, 0) is 24.8 Å². The molecule has 1 saturated carbocycles. The van der Waals surface area contributed by atoms with E-state index in [2.05, 4.69) is 20.6 Å². The van der Waals surface area contributed by atoms with Gasteiger partial charge in [-0.1, -0.05) is 24.6 Å². The maximum atomic E-state index is 13.6. The lowest BCUT2D eigenvalue weighted by atomic mass is 9.81. The monoisotopic (exact) mass is 546 g/mol. The van der Waals surface area contributed by atoms with E-state index in [0.717, 1.165) is 18.4 Å². The minimum absolute atomic E-state index is 0.0239. The van der Waals surface area contributed by atoms with Gasteiger partial charge >= 0.3 is 5.97 Å². The van der Waals surface area contributed by atoms with E-state index in [9.17, 15) is 18.4 Å². The van der Waals surface area contributed by atoms with Crippen LogP contribution in [0.5, 0.6) is 0 Å². The summed E-state index contributed by atoms with van der Waals surface area (Å²) >= 11 is 6.42. The van der Waals surface area contributed by atoms with Crippen LogP contribution in [0.2, 0.25) is 5.02 Å². The fraction of sp³-hybridized carbons (Fsp3) is 0.538. The minimum atomic E-state index is -2.67. The van der Waals surface area contributed by atoms with E-state index in [1.165, 1.54) is 6.20 Å². The van der Waals surface area contributed by atoms with Crippen molar-refractivity contribution >= 4 is 35.2 Å². The molecule has 3 unspecified atom stereocenters. The molecule has 3 atom stereocenters. The van der Waals surface area contributed by atoms with Crippen molar-refractivity contribution in [3.05, 3.63) is 45.9 Å². The maximum Gasteiger partial charge on any atom is 0.346 e. The number of hydrogen-bond acceptors (Lipinski definition) is 8. The first kappa shape index (κ1) is 25.1. The average Bonchev–Trinajstić information content (AvgIpc) is 3.72. The zero-order chi connectivity index (χ0) is 26.8. The van der Waals surface area contributed by atoms with Crippen LogP contribution in [0.4, 0.5) is 20.5 Å². The Balaban J connectivity index is 1.32. The normalized spacial score (nSPS) is 28.9. The van der Waals surface area contributed by atoms with Crippen molar-refractivity contribution in [1.29, 1.82) is 0 Å². The number of aromatic nitrogens is 2. The highest BCUT2D eigenvalue weighted by Crippen LogP contribution is 2.41. The van der Waals surface area contributed by atoms with Gasteiger partial charge in [0.2, 0.25) is 5.95 Å². The fourth-order valence-corrected chi connectivity index (χ4v) is 5.84. The van der Waals surface area contributed by atoms with Crippen LogP contribution in [-0.2, 0) is 14.3 Å². The summed E-state index contributed by atoms with van der Waals surface area (Å²) in [6, 6.07) is -0.311. The van der Waals surface area contributed by atoms with E-state index < -0.39 is 11.9 Å². The third kappa shape index (κ3) is 4.50. The number of hydrogen-bond donors (Lipinski definition) is 2. The van der Waals surface area contributed by atoms with Crippen LogP contribution >= 0.6 is 11.6 Å². The third-order valence-corrected chi connectivity index (χ3v) is 8.23.